The van der Waals surface area contributed by atoms with E-state index in [9.17, 15) is 14.4 Å². The van der Waals surface area contributed by atoms with Crippen LogP contribution in [0.3, 0.4) is 0 Å². The van der Waals surface area contributed by atoms with E-state index in [2.05, 4.69) is 18.2 Å². The summed E-state index contributed by atoms with van der Waals surface area (Å²) >= 11 is 1.15. The number of carbonyl (C=O) groups is 2. The van der Waals surface area contributed by atoms with Crippen LogP contribution in [-0.2, 0) is 14.3 Å². The number of anilines is 1. The van der Waals surface area contributed by atoms with E-state index in [1.807, 2.05) is 54.6 Å². The molecule has 0 saturated carbocycles. The summed E-state index contributed by atoms with van der Waals surface area (Å²) in [4.78, 5) is 47.2. The van der Waals surface area contributed by atoms with Gasteiger partial charge in [0, 0.05) is 12.1 Å². The molecule has 0 bridgehead atoms. The first-order chi connectivity index (χ1) is 17.5. The van der Waals surface area contributed by atoms with Crippen molar-refractivity contribution in [3.63, 3.8) is 0 Å². The van der Waals surface area contributed by atoms with Gasteiger partial charge in [0.15, 0.2) is 4.80 Å². The van der Waals surface area contributed by atoms with Crippen molar-refractivity contribution in [1.29, 1.82) is 0 Å². The Bertz CT molecular complexity index is 1630. The predicted octanol–water partition coefficient (Wildman–Crippen LogP) is 2.87. The van der Waals surface area contributed by atoms with Crippen LogP contribution in [0.1, 0.15) is 24.1 Å². The number of fused-ring (bicyclic) bond motifs is 2. The van der Waals surface area contributed by atoms with Gasteiger partial charge in [0.25, 0.3) is 11.5 Å². The van der Waals surface area contributed by atoms with Crippen molar-refractivity contribution in [2.24, 2.45) is 4.99 Å². The van der Waals surface area contributed by atoms with Crippen LogP contribution in [-0.4, -0.2) is 29.6 Å². The molecule has 0 unspecified atom stereocenters. The van der Waals surface area contributed by atoms with Crippen LogP contribution in [0.5, 0.6) is 0 Å². The molecule has 0 radical (unpaired) electrons. The maximum absolute atomic E-state index is 14.0. The lowest BCUT2D eigenvalue weighted by Gasteiger charge is -2.24. The van der Waals surface area contributed by atoms with Gasteiger partial charge in [0.1, 0.15) is 11.1 Å². The predicted molar refractivity (Wildman–Crippen MR) is 139 cm³/mol. The summed E-state index contributed by atoms with van der Waals surface area (Å²) in [5.41, 5.74) is 2.84. The Labute approximate surface area is 211 Å². The molecule has 3 aromatic rings. The van der Waals surface area contributed by atoms with E-state index in [1.54, 1.807) is 17.9 Å². The second kappa shape index (κ2) is 9.39. The number of allylic oxidation sites excluding steroid dienone is 1. The Morgan fingerprint density at radius 3 is 2.53 bits per heavy atom. The molecule has 1 amide bonds. The van der Waals surface area contributed by atoms with Crippen LogP contribution in [0.4, 0.5) is 5.69 Å². The highest BCUT2D eigenvalue weighted by atomic mass is 32.1. The van der Waals surface area contributed by atoms with Gasteiger partial charge in [-0.3, -0.25) is 14.2 Å². The van der Waals surface area contributed by atoms with Crippen LogP contribution in [0.25, 0.3) is 5.57 Å². The molecule has 36 heavy (non-hydrogen) atoms. The maximum Gasteiger partial charge on any atom is 0.338 e. The molecule has 1 atom stereocenters. The zero-order valence-electron chi connectivity index (χ0n) is 19.6. The van der Waals surface area contributed by atoms with E-state index in [-0.39, 0.29) is 28.2 Å². The highest BCUT2D eigenvalue weighted by molar-refractivity contribution is 7.07. The number of amides is 1. The molecule has 8 heteroatoms. The standard InChI is InChI=1S/C28H23N3O4S/c1-4-15-30-20-14-10-9-13-19(20)22(25(30)32)24-26(33)31-23(18-11-7-6-8-12-18)21(27(34)35-16-5-2)17(3)29-28(31)36-24/h4-14,23H,1-2,15-16H2,3H3/b24-22+/t23-/m0/s1. The number of benzene rings is 2. The Morgan fingerprint density at radius 1 is 1.08 bits per heavy atom. The van der Waals surface area contributed by atoms with E-state index in [1.165, 1.54) is 10.6 Å². The molecule has 7 nitrogen and oxygen atoms in total. The second-order valence-electron chi connectivity index (χ2n) is 8.30. The van der Waals surface area contributed by atoms with E-state index in [0.717, 1.165) is 22.6 Å². The number of aromatic nitrogens is 1. The summed E-state index contributed by atoms with van der Waals surface area (Å²) in [5.74, 6) is -0.832. The van der Waals surface area contributed by atoms with Crippen LogP contribution >= 0.6 is 11.3 Å². The number of carbonyl (C=O) groups excluding carboxylic acids is 2. The molecule has 5 rings (SSSR count). The van der Waals surface area contributed by atoms with Gasteiger partial charge < -0.3 is 9.64 Å². The summed E-state index contributed by atoms with van der Waals surface area (Å²) in [7, 11) is 0. The minimum Gasteiger partial charge on any atom is -0.458 e. The second-order valence-corrected chi connectivity index (χ2v) is 9.27. The summed E-state index contributed by atoms with van der Waals surface area (Å²) in [6, 6.07) is 15.9. The van der Waals surface area contributed by atoms with E-state index >= 15 is 0 Å². The Hall–Kier alpha value is -4.30. The maximum atomic E-state index is 14.0. The Kier molecular flexibility index (Phi) is 6.12. The van der Waals surface area contributed by atoms with Crippen molar-refractivity contribution in [2.45, 2.75) is 13.0 Å². The molecule has 0 spiro atoms. The van der Waals surface area contributed by atoms with Crippen molar-refractivity contribution in [2.75, 3.05) is 18.1 Å². The molecule has 0 N–H and O–H groups in total. The van der Waals surface area contributed by atoms with Gasteiger partial charge in [-0.1, -0.05) is 78.6 Å². The summed E-state index contributed by atoms with van der Waals surface area (Å²) < 4.78 is 7.13. The molecular weight excluding hydrogens is 474 g/mol. The summed E-state index contributed by atoms with van der Waals surface area (Å²) in [6.45, 7) is 9.45. The minimum absolute atomic E-state index is 0.0378. The smallest absolute Gasteiger partial charge is 0.338 e. The Balaban J connectivity index is 1.79. The normalized spacial score (nSPS) is 17.9. The Morgan fingerprint density at radius 2 is 1.81 bits per heavy atom. The van der Waals surface area contributed by atoms with Crippen molar-refractivity contribution in [3.05, 3.63) is 122 Å². The van der Waals surface area contributed by atoms with Gasteiger partial charge in [0.2, 0.25) is 0 Å². The lowest BCUT2D eigenvalue weighted by atomic mass is 9.96. The highest BCUT2D eigenvalue weighted by Crippen LogP contribution is 2.35. The van der Waals surface area contributed by atoms with Crippen molar-refractivity contribution in [1.82, 2.24) is 4.57 Å². The quantitative estimate of drug-likeness (QED) is 0.388. The molecule has 0 saturated heterocycles. The zero-order valence-corrected chi connectivity index (χ0v) is 20.5. The number of thiazole rings is 1. The van der Waals surface area contributed by atoms with Gasteiger partial charge in [0.05, 0.1) is 28.6 Å². The lowest BCUT2D eigenvalue weighted by Crippen LogP contribution is -2.41. The monoisotopic (exact) mass is 497 g/mol. The first-order valence-electron chi connectivity index (χ1n) is 11.4. The molecule has 2 aliphatic rings. The number of hydrogen-bond acceptors (Lipinski definition) is 6. The van der Waals surface area contributed by atoms with Gasteiger partial charge in [-0.05, 0) is 18.6 Å². The molecule has 0 aliphatic carbocycles. The van der Waals surface area contributed by atoms with E-state index in [4.69, 9.17) is 4.74 Å². The van der Waals surface area contributed by atoms with Gasteiger partial charge in [-0.15, -0.1) is 6.58 Å². The van der Waals surface area contributed by atoms with Crippen LogP contribution in [0, 0.1) is 0 Å². The van der Waals surface area contributed by atoms with Crippen molar-refractivity contribution >= 4 is 34.5 Å². The molecular formula is C28H23N3O4S. The third-order valence-electron chi connectivity index (χ3n) is 6.13. The van der Waals surface area contributed by atoms with E-state index < -0.39 is 12.0 Å². The molecule has 180 valence electrons. The van der Waals surface area contributed by atoms with Crippen LogP contribution < -0.4 is 19.8 Å². The average molecular weight is 498 g/mol. The molecule has 1 aromatic heterocycles. The first-order valence-corrected chi connectivity index (χ1v) is 12.2. The minimum atomic E-state index is -0.745. The number of esters is 1. The first kappa shape index (κ1) is 23.4. The number of para-hydroxylation sites is 1. The fourth-order valence-electron chi connectivity index (χ4n) is 4.61. The molecule has 3 heterocycles. The van der Waals surface area contributed by atoms with Crippen LogP contribution in [0.15, 0.2) is 101 Å². The summed E-state index contributed by atoms with van der Waals surface area (Å²) in [5, 5.41) is 0. The topological polar surface area (TPSA) is 81.0 Å². The SMILES string of the molecule is C=CCOC(=O)C1=C(C)N=c2s/c(=C3/C(=O)N(CC=C)c4ccccc43)c(=O)n2[C@H]1c1ccccc1. The fourth-order valence-corrected chi connectivity index (χ4v) is 5.74. The third kappa shape index (κ3) is 3.67. The number of hydrogen-bond donors (Lipinski definition) is 0. The molecule has 0 fully saturated rings. The molecule has 2 aliphatic heterocycles. The van der Waals surface area contributed by atoms with Gasteiger partial charge in [-0.2, -0.15) is 0 Å². The average Bonchev–Trinajstić information content (AvgIpc) is 3.35. The number of ether oxygens (including phenoxy) is 1. The zero-order chi connectivity index (χ0) is 25.4. The number of nitrogens with zero attached hydrogens (tertiary/aromatic N) is 3. The highest BCUT2D eigenvalue weighted by Gasteiger charge is 2.36. The van der Waals surface area contributed by atoms with Gasteiger partial charge in [-0.25, -0.2) is 9.79 Å². The number of rotatable bonds is 6. The van der Waals surface area contributed by atoms with Crippen LogP contribution in [0.2, 0.25) is 0 Å². The molecule has 2 aromatic carbocycles. The van der Waals surface area contributed by atoms with Crippen molar-refractivity contribution in [3.8, 4) is 0 Å². The third-order valence-corrected chi connectivity index (χ3v) is 7.18. The van der Waals surface area contributed by atoms with Gasteiger partial charge >= 0.3 is 5.97 Å². The largest absolute Gasteiger partial charge is 0.458 e. The fraction of sp³-hybridized carbons (Fsp3) is 0.143. The summed E-state index contributed by atoms with van der Waals surface area (Å²) in [6.07, 6.45) is 3.14. The van der Waals surface area contributed by atoms with Crippen molar-refractivity contribution < 1.29 is 14.3 Å². The van der Waals surface area contributed by atoms with E-state index in [0.29, 0.717) is 28.2 Å². The lowest BCUT2D eigenvalue weighted by molar-refractivity contribution is -0.138.